The number of Topliss-reactive ketones (excluding diaryl/α,β-unsaturated/α-hetero) is 2. The molecule has 2 unspecified atom stereocenters. The Labute approximate surface area is 71.1 Å². The van der Waals surface area contributed by atoms with E-state index in [-0.39, 0.29) is 11.6 Å². The number of hydrogen-bond donors (Lipinski definition) is 0. The first kappa shape index (κ1) is 10.2. The predicted molar refractivity (Wildman–Crippen MR) is 47.6 cm³/mol. The number of carbonyl (C=O) groups excluding carboxylic acids is 2. The van der Waals surface area contributed by atoms with E-state index in [1.807, 2.05) is 0 Å². The van der Waals surface area contributed by atoms with Gasteiger partial charge in [0.25, 0.3) is 0 Å². The van der Waals surface area contributed by atoms with Gasteiger partial charge < -0.3 is 0 Å². The molecule has 0 aromatic carbocycles. The molecule has 0 aliphatic heterocycles. The van der Waals surface area contributed by atoms with Crippen LogP contribution >= 0.6 is 25.2 Å². The monoisotopic (exact) mass is 224 g/mol. The van der Waals surface area contributed by atoms with Crippen molar-refractivity contribution in [3.63, 3.8) is 0 Å². The summed E-state index contributed by atoms with van der Waals surface area (Å²) in [6, 6.07) is 0. The second kappa shape index (κ2) is 4.97. The molecule has 0 spiro atoms. The third kappa shape index (κ3) is 3.43. The van der Waals surface area contributed by atoms with Gasteiger partial charge in [-0.25, -0.2) is 0 Å². The van der Waals surface area contributed by atoms with E-state index in [1.165, 1.54) is 6.92 Å². The van der Waals surface area contributed by atoms with E-state index in [4.69, 9.17) is 0 Å². The lowest BCUT2D eigenvalue weighted by Gasteiger charge is -2.01. The van der Waals surface area contributed by atoms with Crippen LogP contribution in [0.4, 0.5) is 0 Å². The van der Waals surface area contributed by atoms with Gasteiger partial charge in [0.1, 0.15) is 4.83 Å². The molecule has 0 saturated carbocycles. The van der Waals surface area contributed by atoms with Crippen molar-refractivity contribution in [1.82, 2.24) is 0 Å². The largest absolute Gasteiger partial charge is 0.298 e. The fourth-order valence-corrected chi connectivity index (χ4v) is 1.01. The maximum absolute atomic E-state index is 10.9. The van der Waals surface area contributed by atoms with Crippen LogP contribution in [0.15, 0.2) is 0 Å². The van der Waals surface area contributed by atoms with E-state index >= 15 is 0 Å². The number of alkyl halides is 1. The van der Waals surface area contributed by atoms with Crippen molar-refractivity contribution in [2.24, 2.45) is 0 Å². The van der Waals surface area contributed by atoms with Gasteiger partial charge in [0.05, 0.1) is 0 Å². The van der Waals surface area contributed by atoms with Gasteiger partial charge in [-0.15, -0.1) is 9.24 Å². The summed E-state index contributed by atoms with van der Waals surface area (Å²) < 4.78 is 0. The highest BCUT2D eigenvalue weighted by atomic mass is 79.9. The molecular weight excluding hydrogens is 215 g/mol. The normalized spacial score (nSPS) is 12.7. The Morgan fingerprint density at radius 3 is 2.40 bits per heavy atom. The first-order chi connectivity index (χ1) is 4.59. The van der Waals surface area contributed by atoms with Gasteiger partial charge in [0.2, 0.25) is 0 Å². The van der Waals surface area contributed by atoms with Crippen molar-refractivity contribution in [3.05, 3.63) is 0 Å². The summed E-state index contributed by atoms with van der Waals surface area (Å²) >= 11 is 3.00. The molecular formula is C6H10BrO2P. The Kier molecular flexibility index (Phi) is 5.10. The number of carbonyl (C=O) groups is 2. The number of halogens is 1. The van der Waals surface area contributed by atoms with E-state index in [0.29, 0.717) is 12.6 Å². The minimum Gasteiger partial charge on any atom is -0.298 e. The Morgan fingerprint density at radius 2 is 2.10 bits per heavy atom. The van der Waals surface area contributed by atoms with Crippen molar-refractivity contribution in [3.8, 4) is 0 Å². The minimum absolute atomic E-state index is 0.0394. The summed E-state index contributed by atoms with van der Waals surface area (Å²) in [6.45, 7) is 1.40. The summed E-state index contributed by atoms with van der Waals surface area (Å²) in [5.41, 5.74) is 0. The Morgan fingerprint density at radius 1 is 1.60 bits per heavy atom. The van der Waals surface area contributed by atoms with Crippen molar-refractivity contribution >= 4 is 36.7 Å². The summed E-state index contributed by atoms with van der Waals surface area (Å²) in [5.74, 6) is -0.161. The standard InChI is InChI=1S/C6H10BrO2P/c1-4(8)6(7)5(9)2-3-10/h6H,2-3,10H2,1H3. The highest BCUT2D eigenvalue weighted by Crippen LogP contribution is 2.06. The first-order valence-corrected chi connectivity index (χ1v) is 4.70. The summed E-state index contributed by atoms with van der Waals surface area (Å²) in [7, 11) is 2.45. The lowest BCUT2D eigenvalue weighted by Crippen LogP contribution is -2.21. The molecule has 0 rings (SSSR count). The van der Waals surface area contributed by atoms with E-state index in [0.717, 1.165) is 0 Å². The second-order valence-electron chi connectivity index (χ2n) is 1.98. The van der Waals surface area contributed by atoms with E-state index < -0.39 is 4.83 Å². The SMILES string of the molecule is CC(=O)C(Br)C(=O)CCP. The molecule has 0 N–H and O–H groups in total. The van der Waals surface area contributed by atoms with E-state index in [2.05, 4.69) is 25.2 Å². The zero-order valence-electron chi connectivity index (χ0n) is 5.76. The summed E-state index contributed by atoms with van der Waals surface area (Å²) in [4.78, 5) is 20.9. The summed E-state index contributed by atoms with van der Waals surface area (Å²) in [5, 5.41) is 0. The van der Waals surface area contributed by atoms with E-state index in [9.17, 15) is 9.59 Å². The third-order valence-corrected chi connectivity index (χ3v) is 2.47. The quantitative estimate of drug-likeness (QED) is 0.409. The maximum Gasteiger partial charge on any atom is 0.154 e. The van der Waals surface area contributed by atoms with Crippen LogP contribution in [0.2, 0.25) is 0 Å². The van der Waals surface area contributed by atoms with Crippen LogP contribution in [-0.4, -0.2) is 22.6 Å². The van der Waals surface area contributed by atoms with Crippen LogP contribution in [-0.2, 0) is 9.59 Å². The second-order valence-corrected chi connectivity index (χ2v) is 3.47. The van der Waals surface area contributed by atoms with Crippen molar-refractivity contribution in [2.45, 2.75) is 18.2 Å². The molecule has 0 aromatic heterocycles. The topological polar surface area (TPSA) is 34.1 Å². The first-order valence-electron chi connectivity index (χ1n) is 2.97. The predicted octanol–water partition coefficient (Wildman–Crippen LogP) is 1.17. The third-order valence-electron chi connectivity index (χ3n) is 1.03. The van der Waals surface area contributed by atoms with Gasteiger partial charge >= 0.3 is 0 Å². The molecule has 0 aliphatic rings. The molecule has 10 heavy (non-hydrogen) atoms. The Hall–Kier alpha value is 0.250. The van der Waals surface area contributed by atoms with Crippen LogP contribution < -0.4 is 0 Å². The smallest absolute Gasteiger partial charge is 0.154 e. The molecule has 0 aliphatic carbocycles. The molecule has 0 saturated heterocycles. The van der Waals surface area contributed by atoms with Gasteiger partial charge in [0.15, 0.2) is 11.6 Å². The molecule has 58 valence electrons. The zero-order chi connectivity index (χ0) is 8.15. The molecule has 0 amide bonds. The minimum atomic E-state index is -0.590. The zero-order valence-corrected chi connectivity index (χ0v) is 8.50. The lowest BCUT2D eigenvalue weighted by atomic mass is 10.2. The van der Waals surface area contributed by atoms with Crippen molar-refractivity contribution < 1.29 is 9.59 Å². The number of ketones is 2. The molecule has 4 heteroatoms. The van der Waals surface area contributed by atoms with Gasteiger partial charge in [-0.05, 0) is 13.1 Å². The van der Waals surface area contributed by atoms with Gasteiger partial charge in [-0.2, -0.15) is 0 Å². The molecule has 0 fully saturated rings. The molecule has 2 nitrogen and oxygen atoms in total. The van der Waals surface area contributed by atoms with Gasteiger partial charge in [-0.1, -0.05) is 15.9 Å². The van der Waals surface area contributed by atoms with Crippen LogP contribution in [0.3, 0.4) is 0 Å². The average molecular weight is 225 g/mol. The van der Waals surface area contributed by atoms with Crippen molar-refractivity contribution in [1.29, 1.82) is 0 Å². The highest BCUT2D eigenvalue weighted by Gasteiger charge is 2.17. The van der Waals surface area contributed by atoms with Crippen LogP contribution in [0.25, 0.3) is 0 Å². The highest BCUT2D eigenvalue weighted by molar-refractivity contribution is 9.10. The molecule has 2 atom stereocenters. The van der Waals surface area contributed by atoms with Crippen LogP contribution in [0.1, 0.15) is 13.3 Å². The van der Waals surface area contributed by atoms with E-state index in [1.54, 1.807) is 0 Å². The fourth-order valence-electron chi connectivity index (χ4n) is 0.496. The average Bonchev–Trinajstić information content (AvgIpc) is 1.87. The molecule has 0 aromatic rings. The van der Waals surface area contributed by atoms with Gasteiger partial charge in [-0.3, -0.25) is 9.59 Å². The molecule has 0 heterocycles. The van der Waals surface area contributed by atoms with Gasteiger partial charge in [0, 0.05) is 6.42 Å². The molecule has 0 bridgehead atoms. The number of rotatable bonds is 4. The Bertz CT molecular complexity index is 147. The Balaban J connectivity index is 3.82. The number of hydrogen-bond acceptors (Lipinski definition) is 2. The summed E-state index contributed by atoms with van der Waals surface area (Å²) in [6.07, 6.45) is 1.16. The van der Waals surface area contributed by atoms with Crippen LogP contribution in [0, 0.1) is 0 Å². The van der Waals surface area contributed by atoms with Crippen LogP contribution in [0.5, 0.6) is 0 Å². The molecule has 0 radical (unpaired) electrons. The van der Waals surface area contributed by atoms with Crippen molar-refractivity contribution in [2.75, 3.05) is 6.16 Å². The fraction of sp³-hybridized carbons (Fsp3) is 0.667. The lowest BCUT2D eigenvalue weighted by molar-refractivity contribution is -0.124. The maximum atomic E-state index is 10.9.